The van der Waals surface area contributed by atoms with Crippen molar-refractivity contribution in [1.82, 2.24) is 9.78 Å². The maximum absolute atomic E-state index is 14.7. The van der Waals surface area contributed by atoms with E-state index in [-0.39, 0.29) is 10.6 Å². The molecular weight excluding hydrogens is 511 g/mol. The molecule has 0 saturated heterocycles. The van der Waals surface area contributed by atoms with Crippen molar-refractivity contribution < 1.29 is 9.13 Å². The highest BCUT2D eigenvalue weighted by Gasteiger charge is 2.26. The molecular formula is C23H25BrClFN4OSi. The Morgan fingerprint density at radius 1 is 1.22 bits per heavy atom. The van der Waals surface area contributed by atoms with Crippen LogP contribution in [0.2, 0.25) is 30.7 Å². The van der Waals surface area contributed by atoms with E-state index in [0.717, 1.165) is 33.2 Å². The van der Waals surface area contributed by atoms with Gasteiger partial charge in [-0.2, -0.15) is 5.10 Å². The van der Waals surface area contributed by atoms with Crippen molar-refractivity contribution >= 4 is 52.8 Å². The smallest absolute Gasteiger partial charge is 0.143 e. The number of aliphatic imine (C=N–C) groups is 1. The topological polar surface area (TPSA) is 51.4 Å². The highest BCUT2D eigenvalue weighted by atomic mass is 79.9. The van der Waals surface area contributed by atoms with Gasteiger partial charge < -0.3 is 10.1 Å². The summed E-state index contributed by atoms with van der Waals surface area (Å²) in [5.74, 6) is -0.0942. The molecule has 2 heterocycles. The van der Waals surface area contributed by atoms with Crippen molar-refractivity contribution in [2.45, 2.75) is 39.3 Å². The van der Waals surface area contributed by atoms with Gasteiger partial charge in [-0.3, -0.25) is 0 Å². The van der Waals surface area contributed by atoms with Crippen LogP contribution in [-0.4, -0.2) is 30.3 Å². The average molecular weight is 536 g/mol. The van der Waals surface area contributed by atoms with Crippen molar-refractivity contribution in [2.75, 3.05) is 11.9 Å². The van der Waals surface area contributed by atoms with E-state index in [4.69, 9.17) is 26.4 Å². The molecule has 1 aliphatic rings. The molecule has 1 aliphatic heterocycles. The van der Waals surface area contributed by atoms with Crippen LogP contribution < -0.4 is 5.32 Å². The summed E-state index contributed by atoms with van der Waals surface area (Å²) in [4.78, 5) is 4.80. The molecule has 0 amide bonds. The van der Waals surface area contributed by atoms with E-state index >= 15 is 0 Å². The van der Waals surface area contributed by atoms with Gasteiger partial charge in [0.2, 0.25) is 0 Å². The minimum atomic E-state index is -1.19. The van der Waals surface area contributed by atoms with Gasteiger partial charge in [0.25, 0.3) is 0 Å². The van der Waals surface area contributed by atoms with Crippen LogP contribution in [0.3, 0.4) is 0 Å². The highest BCUT2D eigenvalue weighted by molar-refractivity contribution is 9.10. The molecule has 1 aromatic heterocycles. The van der Waals surface area contributed by atoms with Crippen LogP contribution in [0.15, 0.2) is 45.9 Å². The Hall–Kier alpha value is -2.00. The molecule has 0 spiro atoms. The Kier molecular flexibility index (Phi) is 6.58. The van der Waals surface area contributed by atoms with Crippen molar-refractivity contribution in [3.8, 4) is 11.3 Å². The second-order valence-corrected chi connectivity index (χ2v) is 15.9. The van der Waals surface area contributed by atoms with Gasteiger partial charge in [-0.05, 0) is 43.3 Å². The average Bonchev–Trinajstić information content (AvgIpc) is 2.90. The number of anilines is 1. The lowest BCUT2D eigenvalue weighted by Gasteiger charge is -2.16. The third kappa shape index (κ3) is 4.83. The van der Waals surface area contributed by atoms with E-state index in [1.807, 2.05) is 29.8 Å². The molecule has 9 heteroatoms. The van der Waals surface area contributed by atoms with Gasteiger partial charge in [-0.15, -0.1) is 0 Å². The number of halogens is 3. The number of nitrogens with one attached hydrogen (secondary N) is 1. The molecule has 4 rings (SSSR count). The van der Waals surface area contributed by atoms with Crippen LogP contribution in [0.25, 0.3) is 11.3 Å². The van der Waals surface area contributed by atoms with Crippen LogP contribution in [0.4, 0.5) is 15.8 Å². The lowest BCUT2D eigenvalue weighted by Crippen LogP contribution is -2.22. The number of nitrogens with zero attached hydrogens (tertiary/aromatic N) is 3. The van der Waals surface area contributed by atoms with Gasteiger partial charge in [0.1, 0.15) is 24.1 Å². The number of amidine groups is 1. The first-order valence-electron chi connectivity index (χ1n) is 10.4. The van der Waals surface area contributed by atoms with Crippen molar-refractivity contribution in [3.05, 3.63) is 63.0 Å². The van der Waals surface area contributed by atoms with Crippen LogP contribution in [0, 0.1) is 12.7 Å². The number of ether oxygens (including phenoxy) is 1. The fraction of sp³-hybridized carbons (Fsp3) is 0.304. The molecule has 0 atom stereocenters. The molecule has 5 nitrogen and oxygen atoms in total. The standard InChI is InChI=1S/C23H25BrClFN4OSi/c1-14-21-22(30(29-14)13-31-10-11-32(2,3)4)16-12-15(24)8-9-19(16)27-23(28-21)20-17(25)6-5-7-18(20)26/h5-9,12H,10-11,13H2,1-4H3,(H,27,28). The SMILES string of the molecule is Cc1nn(COCC[Si](C)(C)C)c2c1N=C(c1c(F)cccc1Cl)Nc1ccc(Br)cc1-2. The number of rotatable bonds is 6. The van der Waals surface area contributed by atoms with E-state index in [0.29, 0.717) is 24.9 Å². The van der Waals surface area contributed by atoms with Gasteiger partial charge in [0.05, 0.1) is 22.0 Å². The summed E-state index contributed by atoms with van der Waals surface area (Å²) in [6.07, 6.45) is 0. The van der Waals surface area contributed by atoms with E-state index in [9.17, 15) is 4.39 Å². The number of fused-ring (bicyclic) bond motifs is 3. The number of benzene rings is 2. The van der Waals surface area contributed by atoms with Crippen molar-refractivity contribution in [2.24, 2.45) is 4.99 Å². The van der Waals surface area contributed by atoms with E-state index in [1.54, 1.807) is 12.1 Å². The molecule has 0 fully saturated rings. The molecule has 0 radical (unpaired) electrons. The van der Waals surface area contributed by atoms with Gasteiger partial charge in [0, 0.05) is 30.4 Å². The third-order valence-corrected chi connectivity index (χ3v) is 7.73. The first-order chi connectivity index (χ1) is 15.1. The molecule has 32 heavy (non-hydrogen) atoms. The molecule has 0 aliphatic carbocycles. The van der Waals surface area contributed by atoms with Crippen LogP contribution in [0.1, 0.15) is 11.3 Å². The first-order valence-corrected chi connectivity index (χ1v) is 15.3. The van der Waals surface area contributed by atoms with E-state index < -0.39 is 13.9 Å². The van der Waals surface area contributed by atoms with Gasteiger partial charge in [-0.25, -0.2) is 14.1 Å². The number of hydrogen-bond donors (Lipinski definition) is 1. The molecule has 0 bridgehead atoms. The summed E-state index contributed by atoms with van der Waals surface area (Å²) in [6, 6.07) is 11.5. The fourth-order valence-corrected chi connectivity index (χ4v) is 4.90. The Balaban J connectivity index is 1.81. The third-order valence-electron chi connectivity index (χ3n) is 5.22. The minimum Gasteiger partial charge on any atom is -0.360 e. The van der Waals surface area contributed by atoms with Crippen LogP contribution >= 0.6 is 27.5 Å². The Bertz CT molecular complexity index is 1190. The van der Waals surface area contributed by atoms with E-state index in [1.165, 1.54) is 6.07 Å². The normalized spacial score (nSPS) is 13.2. The molecule has 3 aromatic rings. The summed E-state index contributed by atoms with van der Waals surface area (Å²) in [5.41, 5.74) is 4.13. The zero-order valence-corrected chi connectivity index (χ0v) is 21.8. The number of aryl methyl sites for hydroxylation is 1. The predicted octanol–water partition coefficient (Wildman–Crippen LogP) is 7.23. The lowest BCUT2D eigenvalue weighted by atomic mass is 10.1. The lowest BCUT2D eigenvalue weighted by molar-refractivity contribution is 0.0796. The zero-order chi connectivity index (χ0) is 23.0. The fourth-order valence-electron chi connectivity index (χ4n) is 3.53. The van der Waals surface area contributed by atoms with Crippen molar-refractivity contribution in [1.29, 1.82) is 0 Å². The van der Waals surface area contributed by atoms with Gasteiger partial charge >= 0.3 is 0 Å². The highest BCUT2D eigenvalue weighted by Crippen LogP contribution is 2.42. The maximum atomic E-state index is 14.7. The summed E-state index contributed by atoms with van der Waals surface area (Å²) < 4.78 is 23.5. The second-order valence-electron chi connectivity index (χ2n) is 9.00. The first kappa shape index (κ1) is 23.2. The molecule has 168 valence electrons. The Labute approximate surface area is 201 Å². The molecule has 2 aromatic carbocycles. The Morgan fingerprint density at radius 3 is 2.72 bits per heavy atom. The van der Waals surface area contributed by atoms with Crippen molar-refractivity contribution in [3.63, 3.8) is 0 Å². The predicted molar refractivity (Wildman–Crippen MR) is 135 cm³/mol. The van der Waals surface area contributed by atoms with Gasteiger partial charge in [0.15, 0.2) is 0 Å². The summed E-state index contributed by atoms with van der Waals surface area (Å²) >= 11 is 9.92. The minimum absolute atomic E-state index is 0.231. The molecule has 0 saturated carbocycles. The largest absolute Gasteiger partial charge is 0.360 e. The van der Waals surface area contributed by atoms with E-state index in [2.05, 4.69) is 40.9 Å². The molecule has 0 unspecified atom stereocenters. The van der Waals surface area contributed by atoms with Crippen LogP contribution in [0.5, 0.6) is 0 Å². The Morgan fingerprint density at radius 2 is 2.00 bits per heavy atom. The van der Waals surface area contributed by atoms with Crippen LogP contribution in [-0.2, 0) is 11.5 Å². The summed E-state index contributed by atoms with van der Waals surface area (Å²) in [6.45, 7) is 9.87. The summed E-state index contributed by atoms with van der Waals surface area (Å²) in [5, 5.41) is 8.27. The molecule has 1 N–H and O–H groups in total. The number of aromatic nitrogens is 2. The van der Waals surface area contributed by atoms with Gasteiger partial charge in [-0.1, -0.05) is 53.2 Å². The zero-order valence-electron chi connectivity index (χ0n) is 18.5. The quantitative estimate of drug-likeness (QED) is 0.268. The summed E-state index contributed by atoms with van der Waals surface area (Å²) in [7, 11) is -1.19. The second kappa shape index (κ2) is 9.09. The number of hydrogen-bond acceptors (Lipinski definition) is 4. The monoisotopic (exact) mass is 534 g/mol. The maximum Gasteiger partial charge on any atom is 0.143 e.